The minimum Gasteiger partial charge on any atom is -0.504 e. The number of aryl methyl sites for hydroxylation is 1. The van der Waals surface area contributed by atoms with Crippen LogP contribution >= 0.6 is 0 Å². The summed E-state index contributed by atoms with van der Waals surface area (Å²) in [6, 6.07) is 1.18. The van der Waals surface area contributed by atoms with Crippen LogP contribution in [0.4, 0.5) is 0 Å². The van der Waals surface area contributed by atoms with E-state index < -0.39 is 35.0 Å². The van der Waals surface area contributed by atoms with Crippen molar-refractivity contribution in [3.8, 4) is 17.2 Å². The maximum Gasteiger partial charge on any atom is 0.343 e. The summed E-state index contributed by atoms with van der Waals surface area (Å²) in [7, 11) is 1.22. The van der Waals surface area contributed by atoms with Gasteiger partial charge in [-0.25, -0.2) is 4.79 Å². The number of allylic oxidation sites excluding steroid dienone is 3. The van der Waals surface area contributed by atoms with Crippen molar-refractivity contribution in [3.63, 3.8) is 0 Å². The van der Waals surface area contributed by atoms with Gasteiger partial charge in [0.05, 0.1) is 7.11 Å². The molecule has 2 atom stereocenters. The number of hydrogen-bond donors (Lipinski definition) is 3. The smallest absolute Gasteiger partial charge is 0.343 e. The molecule has 0 aromatic heterocycles. The van der Waals surface area contributed by atoms with E-state index in [4.69, 9.17) is 14.2 Å². The van der Waals surface area contributed by atoms with Crippen molar-refractivity contribution in [2.45, 2.75) is 38.9 Å². The van der Waals surface area contributed by atoms with E-state index in [1.54, 1.807) is 18.2 Å². The molecule has 0 radical (unpaired) electrons. The highest BCUT2D eigenvalue weighted by atomic mass is 16.6. The molecule has 2 aliphatic rings. The number of hydrogen-bond acceptors (Lipinski definition) is 8. The fourth-order valence-corrected chi connectivity index (χ4v) is 3.63. The first kappa shape index (κ1) is 21.4. The van der Waals surface area contributed by atoms with Crippen LogP contribution in [0.15, 0.2) is 41.2 Å². The molecule has 3 rings (SSSR count). The Morgan fingerprint density at radius 1 is 1.37 bits per heavy atom. The molecule has 8 nitrogen and oxygen atoms in total. The van der Waals surface area contributed by atoms with Crippen LogP contribution < -0.4 is 4.74 Å². The highest BCUT2D eigenvalue weighted by molar-refractivity contribution is 6.07. The van der Waals surface area contributed by atoms with E-state index in [1.165, 1.54) is 27.0 Å². The molecule has 0 saturated heterocycles. The van der Waals surface area contributed by atoms with Crippen molar-refractivity contribution < 1.29 is 39.1 Å². The second-order valence-corrected chi connectivity index (χ2v) is 7.35. The number of phenols is 2. The molecule has 0 bridgehead atoms. The largest absolute Gasteiger partial charge is 0.504 e. The molecular weight excluding hydrogens is 392 g/mol. The quantitative estimate of drug-likeness (QED) is 0.505. The summed E-state index contributed by atoms with van der Waals surface area (Å²) in [6.07, 6.45) is 4.05. The monoisotopic (exact) mass is 416 g/mol. The predicted molar refractivity (Wildman–Crippen MR) is 106 cm³/mol. The van der Waals surface area contributed by atoms with Crippen LogP contribution in [0.1, 0.15) is 36.2 Å². The van der Waals surface area contributed by atoms with E-state index in [-0.39, 0.29) is 29.9 Å². The highest BCUT2D eigenvalue weighted by Crippen LogP contribution is 2.42. The van der Waals surface area contributed by atoms with Gasteiger partial charge in [-0.1, -0.05) is 6.08 Å². The van der Waals surface area contributed by atoms with Crippen LogP contribution in [0.3, 0.4) is 0 Å². The van der Waals surface area contributed by atoms with Gasteiger partial charge in [0.15, 0.2) is 17.1 Å². The number of aliphatic hydroxyl groups is 1. The Kier molecular flexibility index (Phi) is 5.63. The molecule has 30 heavy (non-hydrogen) atoms. The number of esters is 1. The van der Waals surface area contributed by atoms with Crippen molar-refractivity contribution in [1.29, 1.82) is 0 Å². The topological polar surface area (TPSA) is 123 Å². The van der Waals surface area contributed by atoms with E-state index in [1.807, 2.05) is 6.92 Å². The van der Waals surface area contributed by atoms with Gasteiger partial charge in [-0.05, 0) is 50.1 Å². The van der Waals surface area contributed by atoms with E-state index in [0.29, 0.717) is 16.9 Å². The van der Waals surface area contributed by atoms with Gasteiger partial charge in [0.2, 0.25) is 11.5 Å². The normalized spacial score (nSPS) is 23.7. The van der Waals surface area contributed by atoms with Crippen LogP contribution in [0.5, 0.6) is 17.2 Å². The summed E-state index contributed by atoms with van der Waals surface area (Å²) >= 11 is 0. The average molecular weight is 416 g/mol. The lowest BCUT2D eigenvalue weighted by molar-refractivity contribution is -0.147. The van der Waals surface area contributed by atoms with Crippen LogP contribution in [0.2, 0.25) is 0 Å². The lowest BCUT2D eigenvalue weighted by atomic mass is 9.77. The van der Waals surface area contributed by atoms with Crippen LogP contribution in [0.25, 0.3) is 0 Å². The first-order valence-corrected chi connectivity index (χ1v) is 9.39. The third kappa shape index (κ3) is 3.43. The van der Waals surface area contributed by atoms with E-state index in [9.17, 15) is 24.9 Å². The van der Waals surface area contributed by atoms with Gasteiger partial charge in [-0.15, -0.1) is 0 Å². The number of aromatic hydroxyl groups is 2. The maximum absolute atomic E-state index is 13.1. The number of carbonyl (C=O) groups excluding carboxylic acids is 2. The second kappa shape index (κ2) is 7.87. The molecule has 0 unspecified atom stereocenters. The summed E-state index contributed by atoms with van der Waals surface area (Å²) in [5, 5.41) is 30.5. The molecule has 0 spiro atoms. The van der Waals surface area contributed by atoms with Crippen molar-refractivity contribution in [1.82, 2.24) is 0 Å². The molecule has 8 heteroatoms. The number of phenolic OH excluding ortho intramolecular Hbond substituents is 2. The van der Waals surface area contributed by atoms with Crippen LogP contribution in [-0.2, 0) is 14.3 Å². The van der Waals surface area contributed by atoms with Gasteiger partial charge in [0, 0.05) is 12.0 Å². The molecule has 3 N–H and O–H groups in total. The fraction of sp³-hybridized carbons (Fsp3) is 0.364. The van der Waals surface area contributed by atoms with Gasteiger partial charge in [0.1, 0.15) is 24.0 Å². The molecule has 1 aromatic rings. The molecular formula is C22H24O8. The standard InChI is InChI=1S/C22H24O8/c1-5-6-13-8-12-9-16(24)22(3,20(26)14(12)10-29-13)30-21(27)17-11(2)7-15(23)18(25)19(17)28-4/h5-8,16,23-25H,9-10H2,1-4H3/t16-,22-/m1/s1. The number of aliphatic hydroxyl groups excluding tert-OH is 1. The Hall–Kier alpha value is -3.26. The fourth-order valence-electron chi connectivity index (χ4n) is 3.63. The number of rotatable bonds is 4. The molecule has 160 valence electrons. The van der Waals surface area contributed by atoms with Crippen molar-refractivity contribution >= 4 is 11.8 Å². The zero-order valence-corrected chi connectivity index (χ0v) is 17.2. The zero-order chi connectivity index (χ0) is 22.2. The van der Waals surface area contributed by atoms with Gasteiger partial charge in [0.25, 0.3) is 0 Å². The van der Waals surface area contributed by atoms with E-state index in [2.05, 4.69) is 0 Å². The van der Waals surface area contributed by atoms with Crippen molar-refractivity contribution in [2.75, 3.05) is 13.7 Å². The second-order valence-electron chi connectivity index (χ2n) is 7.35. The van der Waals surface area contributed by atoms with Gasteiger partial charge < -0.3 is 29.5 Å². The summed E-state index contributed by atoms with van der Waals surface area (Å²) in [6.45, 7) is 4.70. The van der Waals surface area contributed by atoms with Crippen LogP contribution in [-0.4, -0.2) is 52.5 Å². The Bertz CT molecular complexity index is 1000. The Morgan fingerprint density at radius 2 is 2.07 bits per heavy atom. The Labute approximate surface area is 173 Å². The molecule has 1 aliphatic carbocycles. The lowest BCUT2D eigenvalue weighted by Gasteiger charge is -2.39. The SMILES string of the molecule is CC=CC1=CC2=C(CO1)C(=O)[C@](C)(OC(=O)c1c(C)cc(O)c(O)c1OC)[C@H](O)C2. The Morgan fingerprint density at radius 3 is 2.70 bits per heavy atom. The van der Waals surface area contributed by atoms with E-state index in [0.717, 1.165) is 0 Å². The van der Waals surface area contributed by atoms with Gasteiger partial charge in [-0.3, -0.25) is 4.79 Å². The zero-order valence-electron chi connectivity index (χ0n) is 17.2. The van der Waals surface area contributed by atoms with Crippen LogP contribution in [0, 0.1) is 6.92 Å². The first-order valence-electron chi connectivity index (χ1n) is 9.39. The number of ketones is 1. The summed E-state index contributed by atoms with van der Waals surface area (Å²) in [4.78, 5) is 26.1. The number of methoxy groups -OCH3 is 1. The van der Waals surface area contributed by atoms with Gasteiger partial charge in [-0.2, -0.15) is 0 Å². The maximum atomic E-state index is 13.1. The average Bonchev–Trinajstić information content (AvgIpc) is 2.69. The minimum absolute atomic E-state index is 0.00649. The highest BCUT2D eigenvalue weighted by Gasteiger charge is 2.50. The summed E-state index contributed by atoms with van der Waals surface area (Å²) < 4.78 is 16.1. The predicted octanol–water partition coefficient (Wildman–Crippen LogP) is 2.45. The summed E-state index contributed by atoms with van der Waals surface area (Å²) in [5.74, 6) is -2.31. The molecule has 0 saturated carbocycles. The number of Topliss-reactive ketones (excluding diaryl/α,β-unsaturated/α-hetero) is 1. The summed E-state index contributed by atoms with van der Waals surface area (Å²) in [5.41, 5.74) is -0.759. The molecule has 1 aliphatic heterocycles. The number of carbonyl (C=O) groups is 2. The Balaban J connectivity index is 1.97. The van der Waals surface area contributed by atoms with E-state index >= 15 is 0 Å². The number of ether oxygens (including phenoxy) is 3. The molecule has 0 amide bonds. The molecule has 0 fully saturated rings. The van der Waals surface area contributed by atoms with Crippen molar-refractivity contribution in [2.24, 2.45) is 0 Å². The van der Waals surface area contributed by atoms with Gasteiger partial charge >= 0.3 is 5.97 Å². The number of benzene rings is 1. The lowest BCUT2D eigenvalue weighted by Crippen LogP contribution is -2.54. The first-order chi connectivity index (χ1) is 14.1. The third-order valence-corrected chi connectivity index (χ3v) is 5.34. The molecule has 1 heterocycles. The third-order valence-electron chi connectivity index (χ3n) is 5.34. The molecule has 1 aromatic carbocycles. The minimum atomic E-state index is -1.85. The van der Waals surface area contributed by atoms with Crippen molar-refractivity contribution in [3.05, 3.63) is 52.3 Å².